The summed E-state index contributed by atoms with van der Waals surface area (Å²) >= 11 is 0. The highest BCUT2D eigenvalue weighted by Gasteiger charge is 2.47. The maximum absolute atomic E-state index is 13.3. The highest BCUT2D eigenvalue weighted by atomic mass is 19.3. The minimum atomic E-state index is -2.71. The number of nitrogens with zero attached hydrogens (tertiary/aromatic N) is 4. The molecule has 3 heterocycles. The summed E-state index contributed by atoms with van der Waals surface area (Å²) in [6.45, 7) is 0.310. The van der Waals surface area contributed by atoms with E-state index < -0.39 is 12.1 Å². The number of hydrogen-bond acceptors (Lipinski definition) is 5. The average Bonchev–Trinajstić information content (AvgIpc) is 3.50. The van der Waals surface area contributed by atoms with E-state index in [1.807, 2.05) is 43.3 Å². The van der Waals surface area contributed by atoms with Crippen molar-refractivity contribution in [3.05, 3.63) is 89.9 Å². The lowest BCUT2D eigenvalue weighted by molar-refractivity contribution is 0.0568. The van der Waals surface area contributed by atoms with Crippen molar-refractivity contribution in [3.63, 3.8) is 0 Å². The number of halogens is 2. The number of aryl methyl sites for hydroxylation is 1. The van der Waals surface area contributed by atoms with E-state index in [9.17, 15) is 13.6 Å². The van der Waals surface area contributed by atoms with Crippen molar-refractivity contribution in [2.24, 2.45) is 0 Å². The molecule has 2 aliphatic rings. The molecule has 0 radical (unpaired) electrons. The normalized spacial score (nSPS) is 15.1. The Morgan fingerprint density at radius 2 is 1.92 bits per heavy atom. The second-order valence-corrected chi connectivity index (χ2v) is 9.59. The summed E-state index contributed by atoms with van der Waals surface area (Å²) < 4.78 is 32.0. The van der Waals surface area contributed by atoms with E-state index in [0.717, 1.165) is 41.4 Å². The Labute approximate surface area is 219 Å². The second-order valence-electron chi connectivity index (χ2n) is 9.59. The number of pyridine rings is 1. The first-order chi connectivity index (χ1) is 18.3. The molecule has 1 amide bonds. The van der Waals surface area contributed by atoms with Crippen LogP contribution in [-0.4, -0.2) is 46.3 Å². The average molecular weight is 518 g/mol. The molecule has 6 rings (SSSR count). The number of benzene rings is 2. The highest BCUT2D eigenvalue weighted by Crippen LogP contribution is 2.49. The lowest BCUT2D eigenvalue weighted by Gasteiger charge is -2.21. The standard InChI is InChI=1S/C25H22F2N4O2.C4H7N/c1-15-5-6-17(33-2)14-19(15)23(32)29-25(8-9-25)20-12-16(13-22-18(20)4-3-10-28-22)21-7-11-31(30-21)24(26)27;1-5-3-2-4-5/h3-7,10-14,24H,8-9H2,1-2H3,(H,29,32);2-3H,4H2,1H3. The molecule has 7 nitrogen and oxygen atoms in total. The second kappa shape index (κ2) is 10.2. The van der Waals surface area contributed by atoms with Gasteiger partial charge in [-0.2, -0.15) is 13.9 Å². The Kier molecular flexibility index (Phi) is 6.84. The van der Waals surface area contributed by atoms with Crippen molar-refractivity contribution in [3.8, 4) is 17.0 Å². The number of aromatic nitrogens is 3. The molecule has 0 saturated heterocycles. The van der Waals surface area contributed by atoms with Crippen LogP contribution in [0.2, 0.25) is 0 Å². The molecule has 1 saturated carbocycles. The predicted octanol–water partition coefficient (Wildman–Crippen LogP) is 5.68. The first-order valence-corrected chi connectivity index (χ1v) is 12.4. The first-order valence-electron chi connectivity index (χ1n) is 12.4. The molecule has 196 valence electrons. The molecule has 0 bridgehead atoms. The van der Waals surface area contributed by atoms with Crippen LogP contribution in [0.4, 0.5) is 8.78 Å². The fraction of sp³-hybridized carbons (Fsp3) is 0.276. The molecule has 2 aromatic carbocycles. The number of ether oxygens (including phenoxy) is 1. The number of nitrogens with one attached hydrogen (secondary N) is 1. The number of rotatable bonds is 6. The smallest absolute Gasteiger partial charge is 0.333 e. The van der Waals surface area contributed by atoms with Gasteiger partial charge < -0.3 is 15.0 Å². The minimum absolute atomic E-state index is 0.187. The first kappa shape index (κ1) is 25.4. The summed E-state index contributed by atoms with van der Waals surface area (Å²) in [5.74, 6) is 0.426. The summed E-state index contributed by atoms with van der Waals surface area (Å²) in [6.07, 6.45) is 8.65. The van der Waals surface area contributed by atoms with Crippen LogP contribution in [0.15, 0.2) is 73.2 Å². The summed E-state index contributed by atoms with van der Waals surface area (Å²) in [4.78, 5) is 19.8. The largest absolute Gasteiger partial charge is 0.497 e. The molecule has 0 spiro atoms. The molecule has 1 aliphatic carbocycles. The summed E-state index contributed by atoms with van der Waals surface area (Å²) in [6, 6.07) is 14.5. The van der Waals surface area contributed by atoms with Crippen molar-refractivity contribution < 1.29 is 18.3 Å². The third kappa shape index (κ3) is 5.09. The maximum Gasteiger partial charge on any atom is 0.333 e. The summed E-state index contributed by atoms with van der Waals surface area (Å²) in [7, 11) is 3.62. The number of alkyl halides is 2. The lowest BCUT2D eigenvalue weighted by Crippen LogP contribution is -2.35. The Balaban J connectivity index is 0.000000529. The molecule has 1 N–H and O–H groups in total. The van der Waals surface area contributed by atoms with E-state index in [2.05, 4.69) is 39.6 Å². The van der Waals surface area contributed by atoms with E-state index in [0.29, 0.717) is 27.3 Å². The van der Waals surface area contributed by atoms with E-state index in [1.165, 1.54) is 6.20 Å². The highest BCUT2D eigenvalue weighted by molar-refractivity contribution is 5.98. The molecule has 38 heavy (non-hydrogen) atoms. The van der Waals surface area contributed by atoms with Gasteiger partial charge in [-0.3, -0.25) is 9.78 Å². The maximum atomic E-state index is 13.3. The van der Waals surface area contributed by atoms with Crippen LogP contribution in [0.1, 0.15) is 40.9 Å². The van der Waals surface area contributed by atoms with Gasteiger partial charge in [0.15, 0.2) is 0 Å². The van der Waals surface area contributed by atoms with Crippen LogP contribution in [0, 0.1) is 6.92 Å². The zero-order chi connectivity index (χ0) is 26.9. The number of methoxy groups -OCH3 is 1. The Bertz CT molecular complexity index is 1510. The van der Waals surface area contributed by atoms with Gasteiger partial charge in [0.1, 0.15) is 5.75 Å². The van der Waals surface area contributed by atoms with Crippen molar-refractivity contribution in [1.29, 1.82) is 0 Å². The zero-order valence-electron chi connectivity index (χ0n) is 21.5. The fourth-order valence-corrected chi connectivity index (χ4v) is 4.49. The monoisotopic (exact) mass is 517 g/mol. The fourth-order valence-electron chi connectivity index (χ4n) is 4.49. The van der Waals surface area contributed by atoms with Gasteiger partial charge in [-0.15, -0.1) is 0 Å². The molecule has 4 aromatic rings. The van der Waals surface area contributed by atoms with Gasteiger partial charge in [0.05, 0.1) is 23.9 Å². The summed E-state index contributed by atoms with van der Waals surface area (Å²) in [5, 5.41) is 8.14. The van der Waals surface area contributed by atoms with Gasteiger partial charge in [-0.25, -0.2) is 4.68 Å². The molecule has 2 aromatic heterocycles. The van der Waals surface area contributed by atoms with Crippen LogP contribution in [0.3, 0.4) is 0 Å². The molecule has 0 unspecified atom stereocenters. The van der Waals surface area contributed by atoms with Gasteiger partial charge in [0.2, 0.25) is 0 Å². The van der Waals surface area contributed by atoms with E-state index in [4.69, 9.17) is 4.74 Å². The van der Waals surface area contributed by atoms with E-state index in [-0.39, 0.29) is 5.91 Å². The zero-order valence-corrected chi connectivity index (χ0v) is 21.5. The van der Waals surface area contributed by atoms with Crippen LogP contribution in [0.25, 0.3) is 22.2 Å². The molecular formula is C29H29F2N5O2. The topological polar surface area (TPSA) is 72.3 Å². The van der Waals surface area contributed by atoms with Gasteiger partial charge in [-0.1, -0.05) is 12.1 Å². The molecule has 0 atom stereocenters. The molecule has 1 fully saturated rings. The van der Waals surface area contributed by atoms with Crippen molar-refractivity contribution in [2.75, 3.05) is 20.7 Å². The van der Waals surface area contributed by atoms with Crippen LogP contribution < -0.4 is 10.1 Å². The Morgan fingerprint density at radius 1 is 1.16 bits per heavy atom. The van der Waals surface area contributed by atoms with Gasteiger partial charge in [0.25, 0.3) is 5.91 Å². The SMILES string of the molecule is CN1C=CC1.COc1ccc(C)c(C(=O)NC2(c3cc(-c4ccn(C(F)F)n4)cc4ncccc34)CC2)c1. The van der Waals surface area contributed by atoms with E-state index >= 15 is 0 Å². The minimum Gasteiger partial charge on any atom is -0.497 e. The van der Waals surface area contributed by atoms with Crippen molar-refractivity contribution in [1.82, 2.24) is 25.0 Å². The van der Waals surface area contributed by atoms with Gasteiger partial charge in [0, 0.05) is 42.5 Å². The Hall–Kier alpha value is -4.27. The van der Waals surface area contributed by atoms with Crippen LogP contribution in [0.5, 0.6) is 5.75 Å². The van der Waals surface area contributed by atoms with Gasteiger partial charge in [-0.05, 0) is 79.6 Å². The third-order valence-electron chi connectivity index (χ3n) is 6.89. The van der Waals surface area contributed by atoms with Crippen LogP contribution >= 0.6 is 0 Å². The van der Waals surface area contributed by atoms with Crippen LogP contribution in [-0.2, 0) is 5.54 Å². The number of carbonyl (C=O) groups excluding carboxylic acids is 1. The molecule has 1 aliphatic heterocycles. The van der Waals surface area contributed by atoms with E-state index in [1.54, 1.807) is 25.4 Å². The van der Waals surface area contributed by atoms with Crippen molar-refractivity contribution in [2.45, 2.75) is 31.9 Å². The van der Waals surface area contributed by atoms with Gasteiger partial charge >= 0.3 is 6.55 Å². The number of amides is 1. The predicted molar refractivity (Wildman–Crippen MR) is 142 cm³/mol. The molecular weight excluding hydrogens is 488 g/mol. The molecule has 9 heteroatoms. The third-order valence-corrected chi connectivity index (χ3v) is 6.89. The number of hydrogen-bond donors (Lipinski definition) is 1. The quantitative estimate of drug-likeness (QED) is 0.357. The lowest BCUT2D eigenvalue weighted by atomic mass is 9.95. The number of carbonyl (C=O) groups is 1. The summed E-state index contributed by atoms with van der Waals surface area (Å²) in [5.41, 5.74) is 3.56. The number of fused-ring (bicyclic) bond motifs is 1. The Morgan fingerprint density at radius 3 is 2.53 bits per heavy atom. The van der Waals surface area contributed by atoms with Crippen molar-refractivity contribution >= 4 is 16.8 Å². The number of likely N-dealkylation sites (N-methyl/N-ethyl adjacent to an activating group) is 1.